The molecule has 2 aliphatic heterocycles. The van der Waals surface area contributed by atoms with E-state index in [1.165, 1.54) is 0 Å². The van der Waals surface area contributed by atoms with E-state index in [2.05, 4.69) is 4.98 Å². The fourth-order valence-electron chi connectivity index (χ4n) is 5.22. The molecule has 1 N–H and O–H groups in total. The number of likely N-dealkylation sites (N-methyl/N-ethyl adjacent to an activating group) is 1. The van der Waals surface area contributed by atoms with E-state index in [9.17, 15) is 27.6 Å². The van der Waals surface area contributed by atoms with Crippen LogP contribution in [-0.2, 0) is 14.4 Å². The Morgan fingerprint density at radius 2 is 1.62 bits per heavy atom. The van der Waals surface area contributed by atoms with Crippen LogP contribution < -0.4 is 0 Å². The molecule has 3 heterocycles. The summed E-state index contributed by atoms with van der Waals surface area (Å²) in [5.41, 5.74) is 1.47. The third-order valence-electron chi connectivity index (χ3n) is 7.52. The Morgan fingerprint density at radius 1 is 1.00 bits per heavy atom. The minimum atomic E-state index is -5.08. The van der Waals surface area contributed by atoms with Gasteiger partial charge in [-0.15, -0.1) is 0 Å². The number of carboxylic acid groups (broad SMARTS) is 1. The second-order valence-electron chi connectivity index (χ2n) is 10.2. The number of likely N-dealkylation sites (tertiary alicyclic amines) is 2. The van der Waals surface area contributed by atoms with Crippen molar-refractivity contribution in [3.63, 3.8) is 0 Å². The Morgan fingerprint density at radius 3 is 2.14 bits per heavy atom. The zero-order valence-corrected chi connectivity index (χ0v) is 24.5. The molecule has 14 heteroatoms. The Kier molecular flexibility index (Phi) is 11.2. The highest BCUT2D eigenvalue weighted by Crippen LogP contribution is 2.35. The lowest BCUT2D eigenvalue weighted by atomic mass is 9.83. The fraction of sp³-hybridized carbons (Fsp3) is 0.464. The molecule has 2 fully saturated rings. The van der Waals surface area contributed by atoms with E-state index in [1.54, 1.807) is 54.4 Å². The highest BCUT2D eigenvalue weighted by Gasteiger charge is 2.39. The van der Waals surface area contributed by atoms with Crippen molar-refractivity contribution in [2.75, 3.05) is 33.2 Å². The number of nitrogens with zero attached hydrogens (tertiary/aromatic N) is 4. The summed E-state index contributed by atoms with van der Waals surface area (Å²) in [5.74, 6) is -2.90. The van der Waals surface area contributed by atoms with Crippen LogP contribution in [0.2, 0.25) is 10.0 Å². The number of benzene rings is 1. The number of carbonyl (C=O) groups is 4. The van der Waals surface area contributed by atoms with Crippen LogP contribution in [0.3, 0.4) is 0 Å². The molecule has 0 saturated carbocycles. The van der Waals surface area contributed by atoms with E-state index < -0.39 is 12.1 Å². The predicted octanol–water partition coefficient (Wildman–Crippen LogP) is 4.74. The zero-order valence-electron chi connectivity index (χ0n) is 23.0. The van der Waals surface area contributed by atoms with Gasteiger partial charge in [-0.05, 0) is 49.1 Å². The Balaban J connectivity index is 0.000000616. The first-order chi connectivity index (χ1) is 19.7. The van der Waals surface area contributed by atoms with Crippen molar-refractivity contribution in [3.8, 4) is 0 Å². The molecule has 1 aromatic carbocycles. The van der Waals surface area contributed by atoms with Gasteiger partial charge < -0.3 is 19.8 Å². The third-order valence-corrected chi connectivity index (χ3v) is 8.26. The minimum absolute atomic E-state index is 0.0534. The fourth-order valence-corrected chi connectivity index (χ4v) is 5.52. The number of rotatable bonds is 4. The van der Waals surface area contributed by atoms with Crippen molar-refractivity contribution in [2.45, 2.75) is 44.3 Å². The summed E-state index contributed by atoms with van der Waals surface area (Å²) in [7, 11) is 1.81. The Labute approximate surface area is 251 Å². The van der Waals surface area contributed by atoms with Crippen LogP contribution >= 0.6 is 23.2 Å². The summed E-state index contributed by atoms with van der Waals surface area (Å²) in [6, 6.07) is 8.90. The molecule has 42 heavy (non-hydrogen) atoms. The number of hydrogen-bond acceptors (Lipinski definition) is 5. The summed E-state index contributed by atoms with van der Waals surface area (Å²) in [4.78, 5) is 56.8. The van der Waals surface area contributed by atoms with Gasteiger partial charge in [-0.3, -0.25) is 19.4 Å². The molecule has 0 spiro atoms. The van der Waals surface area contributed by atoms with Crippen LogP contribution in [0.5, 0.6) is 0 Å². The molecule has 0 bridgehead atoms. The molecular weight excluding hydrogens is 600 g/mol. The number of aliphatic carboxylic acids is 1. The van der Waals surface area contributed by atoms with Crippen LogP contribution in [0.25, 0.3) is 0 Å². The molecule has 2 saturated heterocycles. The van der Waals surface area contributed by atoms with E-state index in [4.69, 9.17) is 33.1 Å². The quantitative estimate of drug-likeness (QED) is 0.523. The van der Waals surface area contributed by atoms with Crippen molar-refractivity contribution in [3.05, 3.63) is 63.9 Å². The highest BCUT2D eigenvalue weighted by molar-refractivity contribution is 6.42. The summed E-state index contributed by atoms with van der Waals surface area (Å²) in [5, 5.41) is 8.04. The number of aromatic nitrogens is 1. The number of halogens is 5. The SMILES string of the molecule is CC(=O)N1CCC(C(=O)N2CC[C@@H](N(C)C(=O)c3cccnc3)[C@H](c3ccc(Cl)c(Cl)c3)C2)CC1.O=C(O)C(F)(F)F. The molecule has 2 aromatic rings. The van der Waals surface area contributed by atoms with Gasteiger partial charge >= 0.3 is 12.1 Å². The Bertz CT molecular complexity index is 1290. The standard InChI is InChI=1S/C26H30Cl2N4O3.C2HF3O2/c1-17(33)31-11-7-18(8-12-31)26(35)32-13-9-24(30(2)25(34)20-4-3-10-29-15-20)21(16-32)19-5-6-22(27)23(28)14-19;3-2(4,5)1(6)7/h3-6,10,14-15,18,21,24H,7-9,11-13,16H2,1-2H3;(H,6,7)/t21-,24+;/m0./s1. The topological polar surface area (TPSA) is 111 Å². The summed E-state index contributed by atoms with van der Waals surface area (Å²) in [6.45, 7) is 3.84. The number of carboxylic acids is 1. The molecule has 3 amide bonds. The van der Waals surface area contributed by atoms with E-state index in [0.29, 0.717) is 61.1 Å². The predicted molar refractivity (Wildman–Crippen MR) is 149 cm³/mol. The number of carbonyl (C=O) groups excluding carboxylic acids is 3. The van der Waals surface area contributed by atoms with Gasteiger partial charge in [0.05, 0.1) is 15.6 Å². The van der Waals surface area contributed by atoms with E-state index in [0.717, 1.165) is 5.56 Å². The summed E-state index contributed by atoms with van der Waals surface area (Å²) >= 11 is 12.5. The molecule has 9 nitrogen and oxygen atoms in total. The van der Waals surface area contributed by atoms with Gasteiger partial charge in [0.1, 0.15) is 0 Å². The maximum absolute atomic E-state index is 13.4. The molecule has 2 aliphatic rings. The smallest absolute Gasteiger partial charge is 0.475 e. The molecule has 4 rings (SSSR count). The average molecular weight is 631 g/mol. The van der Waals surface area contributed by atoms with Crippen LogP contribution in [0.15, 0.2) is 42.7 Å². The average Bonchev–Trinajstić information content (AvgIpc) is 2.97. The molecule has 1 aromatic heterocycles. The van der Waals surface area contributed by atoms with Crippen molar-refractivity contribution in [1.29, 1.82) is 0 Å². The molecule has 0 radical (unpaired) electrons. The van der Waals surface area contributed by atoms with Crippen molar-refractivity contribution < 1.29 is 37.5 Å². The number of hydrogen-bond donors (Lipinski definition) is 1. The number of alkyl halides is 3. The van der Waals surface area contributed by atoms with Gasteiger partial charge in [0.25, 0.3) is 5.91 Å². The Hall–Kier alpha value is -3.38. The maximum atomic E-state index is 13.4. The number of pyridine rings is 1. The molecule has 0 aliphatic carbocycles. The lowest BCUT2D eigenvalue weighted by Gasteiger charge is -2.44. The maximum Gasteiger partial charge on any atom is 0.490 e. The molecule has 0 unspecified atom stereocenters. The zero-order chi connectivity index (χ0) is 31.2. The lowest BCUT2D eigenvalue weighted by molar-refractivity contribution is -0.192. The van der Waals surface area contributed by atoms with Crippen LogP contribution in [0.4, 0.5) is 13.2 Å². The van der Waals surface area contributed by atoms with Crippen molar-refractivity contribution >= 4 is 46.9 Å². The first-order valence-corrected chi connectivity index (χ1v) is 13.9. The second-order valence-corrected chi connectivity index (χ2v) is 11.0. The van der Waals surface area contributed by atoms with Crippen molar-refractivity contribution in [1.82, 2.24) is 19.7 Å². The van der Waals surface area contributed by atoms with Gasteiger partial charge in [-0.2, -0.15) is 13.2 Å². The largest absolute Gasteiger partial charge is 0.490 e. The first-order valence-electron chi connectivity index (χ1n) is 13.2. The van der Waals surface area contributed by atoms with E-state index in [-0.39, 0.29) is 35.6 Å². The monoisotopic (exact) mass is 630 g/mol. The minimum Gasteiger partial charge on any atom is -0.475 e. The normalized spacial score (nSPS) is 19.4. The van der Waals surface area contributed by atoms with Gasteiger partial charge in [-0.25, -0.2) is 4.79 Å². The van der Waals surface area contributed by atoms with Gasteiger partial charge in [-0.1, -0.05) is 29.3 Å². The first kappa shape index (κ1) is 33.1. The van der Waals surface area contributed by atoms with Crippen LogP contribution in [-0.4, -0.2) is 93.9 Å². The summed E-state index contributed by atoms with van der Waals surface area (Å²) in [6.07, 6.45) is 0.120. The highest BCUT2D eigenvalue weighted by atomic mass is 35.5. The van der Waals surface area contributed by atoms with E-state index >= 15 is 0 Å². The van der Waals surface area contributed by atoms with Gasteiger partial charge in [0, 0.05) is 70.4 Å². The van der Waals surface area contributed by atoms with Gasteiger partial charge in [0.15, 0.2) is 0 Å². The summed E-state index contributed by atoms with van der Waals surface area (Å²) < 4.78 is 31.7. The lowest BCUT2D eigenvalue weighted by Crippen LogP contribution is -2.53. The molecule has 228 valence electrons. The third kappa shape index (κ3) is 8.34. The van der Waals surface area contributed by atoms with E-state index in [1.807, 2.05) is 17.0 Å². The number of piperidine rings is 2. The van der Waals surface area contributed by atoms with Crippen LogP contribution in [0.1, 0.15) is 48.0 Å². The molecule has 2 atom stereocenters. The number of amides is 3. The van der Waals surface area contributed by atoms with Gasteiger partial charge in [0.2, 0.25) is 11.8 Å². The molecular formula is C28H31Cl2F3N4O5. The second kappa shape index (κ2) is 14.2. The van der Waals surface area contributed by atoms with Crippen LogP contribution in [0, 0.1) is 5.92 Å². The van der Waals surface area contributed by atoms with Crippen molar-refractivity contribution in [2.24, 2.45) is 5.92 Å².